The Labute approximate surface area is 107 Å². The van der Waals surface area contributed by atoms with Crippen LogP contribution in [0.3, 0.4) is 0 Å². The van der Waals surface area contributed by atoms with E-state index in [1.54, 1.807) is 0 Å². The molecule has 0 spiro atoms. The Kier molecular flexibility index (Phi) is 2.96. The van der Waals surface area contributed by atoms with Crippen LogP contribution < -0.4 is 0 Å². The Morgan fingerprint density at radius 2 is 2.00 bits per heavy atom. The van der Waals surface area contributed by atoms with Gasteiger partial charge in [-0.2, -0.15) is 5.26 Å². The van der Waals surface area contributed by atoms with E-state index in [9.17, 15) is 4.79 Å². The summed E-state index contributed by atoms with van der Waals surface area (Å²) in [6.07, 6.45) is -0.0626. The molecule has 1 heterocycles. The van der Waals surface area contributed by atoms with Gasteiger partial charge in [0.1, 0.15) is 0 Å². The summed E-state index contributed by atoms with van der Waals surface area (Å²) in [4.78, 5) is 12.1. The molecule has 0 atom stereocenters. The number of rotatable bonds is 2. The predicted octanol–water partition coefficient (Wildman–Crippen LogP) is 3.20. The minimum absolute atomic E-state index is 0.0626. The number of aryl methyl sites for hydroxylation is 3. The molecule has 0 saturated heterocycles. The molecule has 2 aromatic rings. The van der Waals surface area contributed by atoms with Crippen LogP contribution in [0.2, 0.25) is 0 Å². The van der Waals surface area contributed by atoms with Gasteiger partial charge in [-0.25, -0.2) is 0 Å². The van der Waals surface area contributed by atoms with Crippen molar-refractivity contribution in [3.63, 3.8) is 0 Å². The van der Waals surface area contributed by atoms with Crippen LogP contribution in [0.5, 0.6) is 0 Å². The van der Waals surface area contributed by atoms with Gasteiger partial charge in [0, 0.05) is 23.7 Å². The molecule has 0 fully saturated rings. The van der Waals surface area contributed by atoms with Crippen LogP contribution in [0, 0.1) is 32.1 Å². The van der Waals surface area contributed by atoms with E-state index < -0.39 is 0 Å². The fourth-order valence-corrected chi connectivity index (χ4v) is 2.48. The summed E-state index contributed by atoms with van der Waals surface area (Å²) in [7, 11) is 1.97. The molecular weight excluding hydrogens is 224 g/mol. The second kappa shape index (κ2) is 4.30. The standard InChI is InChI=1S/C15H16N2O/c1-9-5-6-12-14(13(18)7-8-16)11(3)17(4)15(12)10(9)2/h5-6H,7H2,1-4H3. The molecule has 1 aromatic carbocycles. The number of nitrogens with zero attached hydrogens (tertiary/aromatic N) is 2. The average molecular weight is 240 g/mol. The van der Waals surface area contributed by atoms with Crippen molar-refractivity contribution in [1.29, 1.82) is 5.26 Å². The summed E-state index contributed by atoms with van der Waals surface area (Å²) in [5.74, 6) is -0.0937. The molecule has 3 heteroatoms. The SMILES string of the molecule is Cc1ccc2c(C(=O)CC#N)c(C)n(C)c2c1C. The summed E-state index contributed by atoms with van der Waals surface area (Å²) in [6, 6.07) is 5.94. The van der Waals surface area contributed by atoms with Gasteiger partial charge in [-0.1, -0.05) is 12.1 Å². The largest absolute Gasteiger partial charge is 0.347 e. The van der Waals surface area contributed by atoms with Crippen LogP contribution in [0.4, 0.5) is 0 Å². The van der Waals surface area contributed by atoms with Crippen molar-refractivity contribution in [1.82, 2.24) is 4.57 Å². The number of nitriles is 1. The molecule has 0 N–H and O–H groups in total. The van der Waals surface area contributed by atoms with Crippen molar-refractivity contribution < 1.29 is 4.79 Å². The maximum absolute atomic E-state index is 12.1. The summed E-state index contributed by atoms with van der Waals surface area (Å²) >= 11 is 0. The number of Topliss-reactive ketones (excluding diaryl/α,β-unsaturated/α-hetero) is 1. The molecule has 0 aliphatic rings. The monoisotopic (exact) mass is 240 g/mol. The first-order valence-corrected chi connectivity index (χ1v) is 5.94. The quantitative estimate of drug-likeness (QED) is 0.757. The number of hydrogen-bond donors (Lipinski definition) is 0. The third-order valence-corrected chi connectivity index (χ3v) is 3.69. The van der Waals surface area contributed by atoms with Gasteiger partial charge in [0.2, 0.25) is 0 Å². The van der Waals surface area contributed by atoms with Gasteiger partial charge in [-0.3, -0.25) is 4.79 Å². The first kappa shape index (κ1) is 12.4. The fourth-order valence-electron chi connectivity index (χ4n) is 2.48. The smallest absolute Gasteiger partial charge is 0.179 e. The Bertz CT molecular complexity index is 687. The summed E-state index contributed by atoms with van der Waals surface area (Å²) in [5, 5.41) is 9.65. The first-order chi connectivity index (χ1) is 8.49. The number of hydrogen-bond acceptors (Lipinski definition) is 2. The molecule has 0 unspecified atom stereocenters. The van der Waals surface area contributed by atoms with E-state index in [-0.39, 0.29) is 12.2 Å². The molecule has 0 bridgehead atoms. The second-order valence-corrected chi connectivity index (χ2v) is 4.68. The van der Waals surface area contributed by atoms with Gasteiger partial charge >= 0.3 is 0 Å². The minimum Gasteiger partial charge on any atom is -0.347 e. The Morgan fingerprint density at radius 1 is 1.33 bits per heavy atom. The van der Waals surface area contributed by atoms with Gasteiger partial charge < -0.3 is 4.57 Å². The van der Waals surface area contributed by atoms with Crippen LogP contribution in [-0.4, -0.2) is 10.4 Å². The van der Waals surface area contributed by atoms with E-state index in [1.807, 2.05) is 36.7 Å². The lowest BCUT2D eigenvalue weighted by atomic mass is 10.0. The van der Waals surface area contributed by atoms with E-state index in [0.717, 1.165) is 16.6 Å². The lowest BCUT2D eigenvalue weighted by Gasteiger charge is -2.05. The lowest BCUT2D eigenvalue weighted by Crippen LogP contribution is -2.00. The summed E-state index contributed by atoms with van der Waals surface area (Å²) in [6.45, 7) is 6.06. The Balaban J connectivity index is 2.85. The van der Waals surface area contributed by atoms with Crippen LogP contribution in [-0.2, 0) is 7.05 Å². The molecule has 0 aliphatic heterocycles. The molecule has 0 radical (unpaired) electrons. The summed E-state index contributed by atoms with van der Waals surface area (Å²) in [5.41, 5.74) is 5.11. The van der Waals surface area contributed by atoms with Gasteiger partial charge in [0.15, 0.2) is 5.78 Å². The number of fused-ring (bicyclic) bond motifs is 1. The second-order valence-electron chi connectivity index (χ2n) is 4.68. The first-order valence-electron chi connectivity index (χ1n) is 5.94. The number of ketones is 1. The van der Waals surface area contributed by atoms with Gasteiger partial charge in [0.25, 0.3) is 0 Å². The zero-order chi connectivity index (χ0) is 13.4. The number of aromatic nitrogens is 1. The normalized spacial score (nSPS) is 10.6. The van der Waals surface area contributed by atoms with Gasteiger partial charge in [-0.05, 0) is 31.9 Å². The van der Waals surface area contributed by atoms with Crippen molar-refractivity contribution in [2.24, 2.45) is 7.05 Å². The molecule has 1 aromatic heterocycles. The highest BCUT2D eigenvalue weighted by Crippen LogP contribution is 2.29. The van der Waals surface area contributed by atoms with Crippen molar-refractivity contribution in [2.45, 2.75) is 27.2 Å². The van der Waals surface area contributed by atoms with E-state index in [1.165, 1.54) is 11.1 Å². The lowest BCUT2D eigenvalue weighted by molar-refractivity contribution is 0.0998. The highest BCUT2D eigenvalue weighted by atomic mass is 16.1. The molecular formula is C15H16N2O. The molecule has 0 aliphatic carbocycles. The molecule has 0 amide bonds. The zero-order valence-electron chi connectivity index (χ0n) is 11.2. The van der Waals surface area contributed by atoms with E-state index in [0.29, 0.717) is 5.56 Å². The third kappa shape index (κ3) is 1.62. The molecule has 0 saturated carbocycles. The van der Waals surface area contributed by atoms with E-state index >= 15 is 0 Å². The van der Waals surface area contributed by atoms with Gasteiger partial charge in [0.05, 0.1) is 18.0 Å². The van der Waals surface area contributed by atoms with Crippen molar-refractivity contribution in [3.05, 3.63) is 34.5 Å². The Morgan fingerprint density at radius 3 is 2.61 bits per heavy atom. The minimum atomic E-state index is -0.0937. The molecule has 3 nitrogen and oxygen atoms in total. The molecule has 2 rings (SSSR count). The fraction of sp³-hybridized carbons (Fsp3) is 0.333. The van der Waals surface area contributed by atoms with Crippen LogP contribution in [0.25, 0.3) is 10.9 Å². The van der Waals surface area contributed by atoms with Crippen molar-refractivity contribution in [2.75, 3.05) is 0 Å². The average Bonchev–Trinajstić information content (AvgIpc) is 2.58. The number of carbonyl (C=O) groups excluding carboxylic acids is 1. The third-order valence-electron chi connectivity index (χ3n) is 3.69. The van der Waals surface area contributed by atoms with Crippen molar-refractivity contribution in [3.8, 4) is 6.07 Å². The van der Waals surface area contributed by atoms with Crippen molar-refractivity contribution >= 4 is 16.7 Å². The maximum Gasteiger partial charge on any atom is 0.179 e. The van der Waals surface area contributed by atoms with E-state index in [2.05, 4.69) is 13.8 Å². The number of carbonyl (C=O) groups is 1. The molecule has 18 heavy (non-hydrogen) atoms. The van der Waals surface area contributed by atoms with Crippen LogP contribution in [0.15, 0.2) is 12.1 Å². The van der Waals surface area contributed by atoms with Gasteiger partial charge in [-0.15, -0.1) is 0 Å². The highest BCUT2D eigenvalue weighted by molar-refractivity contribution is 6.10. The highest BCUT2D eigenvalue weighted by Gasteiger charge is 2.19. The summed E-state index contributed by atoms with van der Waals surface area (Å²) < 4.78 is 2.04. The van der Waals surface area contributed by atoms with Crippen LogP contribution in [0.1, 0.15) is 33.6 Å². The Hall–Kier alpha value is -2.08. The van der Waals surface area contributed by atoms with E-state index in [4.69, 9.17) is 5.26 Å². The maximum atomic E-state index is 12.1. The number of benzene rings is 1. The van der Waals surface area contributed by atoms with Crippen LogP contribution >= 0.6 is 0 Å². The zero-order valence-corrected chi connectivity index (χ0v) is 11.2. The predicted molar refractivity (Wildman–Crippen MR) is 71.7 cm³/mol. The topological polar surface area (TPSA) is 45.8 Å². The molecule has 92 valence electrons.